The minimum absolute atomic E-state index is 0.123. The van der Waals surface area contributed by atoms with Crippen molar-refractivity contribution in [2.75, 3.05) is 20.1 Å². The molecule has 0 saturated heterocycles. The summed E-state index contributed by atoms with van der Waals surface area (Å²) >= 11 is 0. The van der Waals surface area contributed by atoms with Gasteiger partial charge in [0.15, 0.2) is 0 Å². The maximum Gasteiger partial charge on any atom is 0.308 e. The Balaban J connectivity index is 2.25. The van der Waals surface area contributed by atoms with Gasteiger partial charge in [0.1, 0.15) is 0 Å². The van der Waals surface area contributed by atoms with Crippen LogP contribution in [0.1, 0.15) is 30.1 Å². The summed E-state index contributed by atoms with van der Waals surface area (Å²) in [6, 6.07) is 8.86. The van der Waals surface area contributed by atoms with Crippen LogP contribution in [0.15, 0.2) is 30.3 Å². The second-order valence-corrected chi connectivity index (χ2v) is 5.24. The lowest BCUT2D eigenvalue weighted by molar-refractivity contribution is -0.142. The summed E-state index contributed by atoms with van der Waals surface area (Å²) in [6.07, 6.45) is 0.793. The lowest BCUT2D eigenvalue weighted by Gasteiger charge is -2.19. The Morgan fingerprint density at radius 3 is 2.45 bits per heavy atom. The summed E-state index contributed by atoms with van der Waals surface area (Å²) in [7, 11) is 1.59. The Hall–Kier alpha value is -2.37. The largest absolute Gasteiger partial charge is 0.481 e. The van der Waals surface area contributed by atoms with E-state index in [4.69, 9.17) is 5.11 Å². The maximum atomic E-state index is 11.8. The highest BCUT2D eigenvalue weighted by atomic mass is 16.4. The minimum atomic E-state index is -0.922. The van der Waals surface area contributed by atoms with E-state index in [0.29, 0.717) is 18.5 Å². The van der Waals surface area contributed by atoms with E-state index >= 15 is 0 Å². The van der Waals surface area contributed by atoms with Gasteiger partial charge in [0.2, 0.25) is 5.91 Å². The van der Waals surface area contributed by atoms with Crippen molar-refractivity contribution in [2.45, 2.75) is 19.8 Å². The smallest absolute Gasteiger partial charge is 0.308 e. The van der Waals surface area contributed by atoms with E-state index in [-0.39, 0.29) is 24.8 Å². The third kappa shape index (κ3) is 5.95. The van der Waals surface area contributed by atoms with E-state index in [1.165, 1.54) is 4.90 Å². The summed E-state index contributed by atoms with van der Waals surface area (Å²) in [5.41, 5.74) is 0.584. The Bertz CT molecular complexity index is 516. The molecule has 0 aliphatic carbocycles. The van der Waals surface area contributed by atoms with Gasteiger partial charge in [-0.15, -0.1) is 0 Å². The predicted molar refractivity (Wildman–Crippen MR) is 82.4 cm³/mol. The third-order valence-corrected chi connectivity index (χ3v) is 3.28. The number of rotatable bonds is 8. The van der Waals surface area contributed by atoms with Crippen molar-refractivity contribution in [1.82, 2.24) is 10.2 Å². The first-order chi connectivity index (χ1) is 10.4. The topological polar surface area (TPSA) is 86.7 Å². The van der Waals surface area contributed by atoms with Crippen LogP contribution in [0.4, 0.5) is 0 Å². The standard InChI is InChI=1S/C16H22N2O4/c1-12(16(21)22)11-18(2)14(19)9-6-10-17-15(20)13-7-4-3-5-8-13/h3-5,7-8,12H,6,9-11H2,1-2H3,(H,17,20)(H,21,22). The molecule has 6 nitrogen and oxygen atoms in total. The summed E-state index contributed by atoms with van der Waals surface area (Å²) in [4.78, 5) is 35.8. The molecule has 0 aliphatic rings. The average molecular weight is 306 g/mol. The first-order valence-electron chi connectivity index (χ1n) is 7.22. The van der Waals surface area contributed by atoms with Crippen molar-refractivity contribution in [3.63, 3.8) is 0 Å². The highest BCUT2D eigenvalue weighted by Crippen LogP contribution is 2.02. The lowest BCUT2D eigenvalue weighted by Crippen LogP contribution is -2.34. The van der Waals surface area contributed by atoms with Gasteiger partial charge in [-0.25, -0.2) is 0 Å². The van der Waals surface area contributed by atoms with Crippen LogP contribution >= 0.6 is 0 Å². The van der Waals surface area contributed by atoms with E-state index in [1.807, 2.05) is 6.07 Å². The molecule has 1 aromatic carbocycles. The van der Waals surface area contributed by atoms with Crippen molar-refractivity contribution < 1.29 is 19.5 Å². The number of hydrogen-bond acceptors (Lipinski definition) is 3. The van der Waals surface area contributed by atoms with Gasteiger partial charge >= 0.3 is 5.97 Å². The molecule has 1 rings (SSSR count). The number of carbonyl (C=O) groups is 3. The van der Waals surface area contributed by atoms with Crippen LogP contribution in [-0.4, -0.2) is 47.9 Å². The number of nitrogens with zero attached hydrogens (tertiary/aromatic N) is 1. The van der Waals surface area contributed by atoms with Crippen LogP contribution < -0.4 is 5.32 Å². The Labute approximate surface area is 130 Å². The molecule has 1 unspecified atom stereocenters. The van der Waals surface area contributed by atoms with Crippen molar-refractivity contribution in [3.8, 4) is 0 Å². The molecule has 0 fully saturated rings. The van der Waals surface area contributed by atoms with Crippen molar-refractivity contribution in [1.29, 1.82) is 0 Å². The second-order valence-electron chi connectivity index (χ2n) is 5.24. The van der Waals surface area contributed by atoms with Crippen molar-refractivity contribution in [2.24, 2.45) is 5.92 Å². The number of aliphatic carboxylic acids is 1. The van der Waals surface area contributed by atoms with Gasteiger partial charge in [0.05, 0.1) is 5.92 Å². The quantitative estimate of drug-likeness (QED) is 0.710. The normalized spacial score (nSPS) is 11.5. The Kier molecular flexibility index (Phi) is 7.08. The fourth-order valence-corrected chi connectivity index (χ4v) is 1.91. The molecule has 0 radical (unpaired) electrons. The molecular weight excluding hydrogens is 284 g/mol. The van der Waals surface area contributed by atoms with Crippen LogP contribution in [-0.2, 0) is 9.59 Å². The number of nitrogens with one attached hydrogen (secondary N) is 1. The highest BCUT2D eigenvalue weighted by molar-refractivity contribution is 5.94. The van der Waals surface area contributed by atoms with Gasteiger partial charge in [-0.1, -0.05) is 25.1 Å². The van der Waals surface area contributed by atoms with Crippen molar-refractivity contribution >= 4 is 17.8 Å². The van der Waals surface area contributed by atoms with Crippen LogP contribution in [0.5, 0.6) is 0 Å². The molecule has 0 heterocycles. The summed E-state index contributed by atoms with van der Waals surface area (Å²) in [5.74, 6) is -1.80. The summed E-state index contributed by atoms with van der Waals surface area (Å²) in [5, 5.41) is 11.6. The fourth-order valence-electron chi connectivity index (χ4n) is 1.91. The minimum Gasteiger partial charge on any atom is -0.481 e. The van der Waals surface area contributed by atoms with E-state index in [9.17, 15) is 14.4 Å². The molecule has 0 bridgehead atoms. The van der Waals surface area contributed by atoms with E-state index in [1.54, 1.807) is 38.2 Å². The SMILES string of the molecule is CC(CN(C)C(=O)CCCNC(=O)c1ccccc1)C(=O)O. The molecule has 0 saturated carbocycles. The summed E-state index contributed by atoms with van der Waals surface area (Å²) in [6.45, 7) is 2.15. The number of carboxylic acid groups (broad SMARTS) is 1. The van der Waals surface area contributed by atoms with Gasteiger partial charge < -0.3 is 15.3 Å². The van der Waals surface area contributed by atoms with Crippen LogP contribution in [0, 0.1) is 5.92 Å². The highest BCUT2D eigenvalue weighted by Gasteiger charge is 2.17. The number of carboxylic acids is 1. The van der Waals surface area contributed by atoms with E-state index < -0.39 is 11.9 Å². The molecule has 120 valence electrons. The molecule has 1 atom stereocenters. The van der Waals surface area contributed by atoms with E-state index in [2.05, 4.69) is 5.32 Å². The van der Waals surface area contributed by atoms with Crippen LogP contribution in [0.2, 0.25) is 0 Å². The third-order valence-electron chi connectivity index (χ3n) is 3.28. The summed E-state index contributed by atoms with van der Waals surface area (Å²) < 4.78 is 0. The zero-order chi connectivity index (χ0) is 16.5. The van der Waals surface area contributed by atoms with Crippen molar-refractivity contribution in [3.05, 3.63) is 35.9 Å². The number of amides is 2. The molecule has 0 aliphatic heterocycles. The van der Waals surface area contributed by atoms with Gasteiger partial charge in [0.25, 0.3) is 5.91 Å². The Morgan fingerprint density at radius 2 is 1.86 bits per heavy atom. The van der Waals surface area contributed by atoms with Gasteiger partial charge in [-0.05, 0) is 18.6 Å². The van der Waals surface area contributed by atoms with Crippen LogP contribution in [0.25, 0.3) is 0 Å². The molecule has 2 N–H and O–H groups in total. The van der Waals surface area contributed by atoms with Gasteiger partial charge in [0, 0.05) is 32.1 Å². The predicted octanol–water partition coefficient (Wildman–Crippen LogP) is 1.38. The maximum absolute atomic E-state index is 11.8. The molecule has 2 amide bonds. The average Bonchev–Trinajstić information content (AvgIpc) is 2.51. The second kappa shape index (κ2) is 8.81. The number of carbonyl (C=O) groups excluding carboxylic acids is 2. The number of benzene rings is 1. The Morgan fingerprint density at radius 1 is 1.23 bits per heavy atom. The van der Waals surface area contributed by atoms with Gasteiger partial charge in [-0.2, -0.15) is 0 Å². The molecule has 0 aromatic heterocycles. The first kappa shape index (κ1) is 17.7. The van der Waals surface area contributed by atoms with Crippen LogP contribution in [0.3, 0.4) is 0 Å². The zero-order valence-corrected chi connectivity index (χ0v) is 12.9. The monoisotopic (exact) mass is 306 g/mol. The molecule has 22 heavy (non-hydrogen) atoms. The number of hydrogen-bond donors (Lipinski definition) is 2. The first-order valence-corrected chi connectivity index (χ1v) is 7.22. The lowest BCUT2D eigenvalue weighted by atomic mass is 10.1. The molecule has 1 aromatic rings. The van der Waals surface area contributed by atoms with Gasteiger partial charge in [-0.3, -0.25) is 14.4 Å². The zero-order valence-electron chi connectivity index (χ0n) is 12.9. The molecule has 0 spiro atoms. The van der Waals surface area contributed by atoms with E-state index in [0.717, 1.165) is 0 Å². The molecule has 6 heteroatoms. The fraction of sp³-hybridized carbons (Fsp3) is 0.438. The molecular formula is C16H22N2O4.